The summed E-state index contributed by atoms with van der Waals surface area (Å²) in [4.78, 5) is 30.8. The lowest BCUT2D eigenvalue weighted by Gasteiger charge is -2.37. The molecule has 0 unspecified atom stereocenters. The number of hydrogen-bond donors (Lipinski definition) is 1. The predicted octanol–water partition coefficient (Wildman–Crippen LogP) is 3.78. The fourth-order valence-corrected chi connectivity index (χ4v) is 4.66. The van der Waals surface area contributed by atoms with Gasteiger partial charge in [-0.25, -0.2) is 15.0 Å². The molecule has 1 fully saturated rings. The molecule has 208 valence electrons. The van der Waals surface area contributed by atoms with E-state index >= 15 is 0 Å². The van der Waals surface area contributed by atoms with Gasteiger partial charge in [0, 0.05) is 59.2 Å². The lowest BCUT2D eigenvalue weighted by Crippen LogP contribution is -2.46. The molecule has 0 spiro atoms. The summed E-state index contributed by atoms with van der Waals surface area (Å²) in [6.45, 7) is 4.06. The number of para-hydroxylation sites is 1. The van der Waals surface area contributed by atoms with E-state index in [4.69, 9.17) is 22.7 Å². The van der Waals surface area contributed by atoms with Gasteiger partial charge in [-0.15, -0.1) is 0 Å². The molecule has 10 nitrogen and oxygen atoms in total. The Labute approximate surface area is 236 Å². The van der Waals surface area contributed by atoms with Crippen LogP contribution in [0.2, 0.25) is 0 Å². The third-order valence-electron chi connectivity index (χ3n) is 6.72. The van der Waals surface area contributed by atoms with Gasteiger partial charge in [0.25, 0.3) is 0 Å². The van der Waals surface area contributed by atoms with Crippen molar-refractivity contribution in [1.29, 1.82) is 0 Å². The van der Waals surface area contributed by atoms with Crippen LogP contribution in [0.1, 0.15) is 25.3 Å². The fourth-order valence-electron chi connectivity index (χ4n) is 4.66. The number of anilines is 3. The van der Waals surface area contributed by atoms with E-state index < -0.39 is 18.6 Å². The number of Topliss-reactive ketones (excluding diaryl/α,β-unsaturated/α-hetero) is 1. The van der Waals surface area contributed by atoms with Crippen LogP contribution in [-0.2, 0) is 11.1 Å². The van der Waals surface area contributed by atoms with Gasteiger partial charge in [-0.3, -0.25) is 4.79 Å². The molecule has 0 saturated carbocycles. The number of pyridine rings is 1. The van der Waals surface area contributed by atoms with E-state index in [1.54, 1.807) is 37.4 Å². The largest absolute Gasteiger partial charge is 0.494 e. The Balaban J connectivity index is 1.26. The van der Waals surface area contributed by atoms with Gasteiger partial charge >= 0.3 is 0 Å². The van der Waals surface area contributed by atoms with Gasteiger partial charge < -0.3 is 29.7 Å². The Morgan fingerprint density at radius 1 is 0.925 bits per heavy atom. The molecule has 2 aromatic heterocycles. The second-order valence-electron chi connectivity index (χ2n) is 9.25. The maximum Gasteiger partial charge on any atom is 0.221 e. The second-order valence-corrected chi connectivity index (χ2v) is 9.25. The number of aryl methyl sites for hydroxylation is 1. The Kier molecular flexibility index (Phi) is 7.75. The molecule has 0 aliphatic carbocycles. The summed E-state index contributed by atoms with van der Waals surface area (Å²) in [5.74, 6) is 1.35. The number of nitrogen functional groups attached to an aromatic ring is 1. The molecule has 1 saturated heterocycles. The summed E-state index contributed by atoms with van der Waals surface area (Å²) < 4.78 is 33.5. The number of fused-ring (bicyclic) bond motifs is 1. The zero-order valence-corrected chi connectivity index (χ0v) is 22.7. The highest BCUT2D eigenvalue weighted by Gasteiger charge is 2.20. The maximum atomic E-state index is 13.4. The molecule has 4 aromatic rings. The monoisotopic (exact) mass is 544 g/mol. The van der Waals surface area contributed by atoms with Crippen LogP contribution in [0.5, 0.6) is 11.5 Å². The highest BCUT2D eigenvalue weighted by atomic mass is 16.5. The van der Waals surface area contributed by atoms with Crippen molar-refractivity contribution in [3.8, 4) is 11.5 Å². The molecule has 3 heterocycles. The number of nitrogens with zero attached hydrogens (tertiary/aromatic N) is 5. The molecule has 1 aliphatic rings. The van der Waals surface area contributed by atoms with Crippen molar-refractivity contribution in [1.82, 2.24) is 15.0 Å². The predicted molar refractivity (Wildman–Crippen MR) is 156 cm³/mol. The number of aromatic nitrogens is 3. The van der Waals surface area contributed by atoms with Gasteiger partial charge in [0.1, 0.15) is 35.1 Å². The number of hydrogen-bond acceptors (Lipinski definition) is 10. The van der Waals surface area contributed by atoms with Crippen molar-refractivity contribution < 1.29 is 21.7 Å². The van der Waals surface area contributed by atoms with Gasteiger partial charge in [0.15, 0.2) is 5.78 Å². The van der Waals surface area contributed by atoms with Crippen molar-refractivity contribution >= 4 is 34.1 Å². The first kappa shape index (κ1) is 24.6. The molecule has 0 amide bonds. The topological polar surface area (TPSA) is 116 Å². The minimum Gasteiger partial charge on any atom is -0.494 e. The molecular formula is C30H34N6O4. The quantitative estimate of drug-likeness (QED) is 0.221. The van der Waals surface area contributed by atoms with Gasteiger partial charge in [-0.05, 0) is 48.8 Å². The van der Waals surface area contributed by atoms with Crippen molar-refractivity contribution in [2.45, 2.75) is 12.8 Å². The summed E-state index contributed by atoms with van der Waals surface area (Å²) in [5.41, 5.74) is 7.64. The first-order valence-electron chi connectivity index (χ1n) is 14.1. The highest BCUT2D eigenvalue weighted by molar-refractivity contribution is 6.07. The van der Waals surface area contributed by atoms with Crippen molar-refractivity contribution in [3.63, 3.8) is 0 Å². The standard InChI is InChI=1S/C30H34N6O4/c1-38-19-20-40-23-12-10-22(11-13-23)35-15-17-36(18-16-35)27-8-3-5-21(32-27)9-14-25(37)28-24-6-4-7-26(39-2)29(24)34-30(31)33-28/h3-8,10-13H,9,14-20H2,1-2H3,(H2,31,33,34)/i9D2. The van der Waals surface area contributed by atoms with E-state index in [0.717, 1.165) is 37.6 Å². The van der Waals surface area contributed by atoms with Crippen LogP contribution in [0.4, 0.5) is 17.5 Å². The smallest absolute Gasteiger partial charge is 0.221 e. The number of methoxy groups -OCH3 is 2. The molecule has 0 atom stereocenters. The number of benzene rings is 2. The lowest BCUT2D eigenvalue weighted by atomic mass is 10.1. The molecule has 2 aromatic carbocycles. The molecule has 1 aliphatic heterocycles. The molecule has 0 radical (unpaired) electrons. The summed E-state index contributed by atoms with van der Waals surface area (Å²) >= 11 is 0. The van der Waals surface area contributed by atoms with Crippen molar-refractivity contribution in [2.24, 2.45) is 0 Å². The Morgan fingerprint density at radius 3 is 2.42 bits per heavy atom. The van der Waals surface area contributed by atoms with E-state index in [1.807, 2.05) is 30.3 Å². The first-order chi connectivity index (χ1) is 20.3. The van der Waals surface area contributed by atoms with Gasteiger partial charge in [0.2, 0.25) is 5.95 Å². The normalized spacial score (nSPS) is 14.6. The summed E-state index contributed by atoms with van der Waals surface area (Å²) in [6.07, 6.45) is -2.49. The third-order valence-corrected chi connectivity index (χ3v) is 6.72. The molecule has 2 N–H and O–H groups in total. The van der Waals surface area contributed by atoms with Crippen molar-refractivity contribution in [2.75, 3.05) is 69.1 Å². The minimum absolute atomic E-state index is 0.0575. The van der Waals surface area contributed by atoms with Crippen molar-refractivity contribution in [3.05, 3.63) is 72.1 Å². The van der Waals surface area contributed by atoms with E-state index in [9.17, 15) is 4.79 Å². The number of carbonyl (C=O) groups excluding carboxylic acids is 1. The number of carbonyl (C=O) groups is 1. The van der Waals surface area contributed by atoms with Crippen LogP contribution in [0.15, 0.2) is 60.7 Å². The molecule has 0 bridgehead atoms. The number of ketones is 1. The number of nitrogens with two attached hydrogens (primary N) is 1. The van der Waals surface area contributed by atoms with Crippen LogP contribution in [0.25, 0.3) is 10.9 Å². The van der Waals surface area contributed by atoms with Crippen LogP contribution >= 0.6 is 0 Å². The van der Waals surface area contributed by atoms with Crippen LogP contribution in [0, 0.1) is 0 Å². The van der Waals surface area contributed by atoms with Gasteiger partial charge in [0.05, 0.1) is 13.7 Å². The fraction of sp³-hybridized carbons (Fsp3) is 0.333. The summed E-state index contributed by atoms with van der Waals surface area (Å²) in [6, 6.07) is 18.4. The molecule has 40 heavy (non-hydrogen) atoms. The van der Waals surface area contributed by atoms with Crippen LogP contribution < -0.4 is 25.0 Å². The summed E-state index contributed by atoms with van der Waals surface area (Å²) in [7, 11) is 3.15. The average Bonchev–Trinajstić information content (AvgIpc) is 3.01. The number of piperazine rings is 1. The van der Waals surface area contributed by atoms with Gasteiger partial charge in [-0.2, -0.15) is 0 Å². The highest BCUT2D eigenvalue weighted by Crippen LogP contribution is 2.27. The zero-order valence-electron chi connectivity index (χ0n) is 24.7. The van der Waals surface area contributed by atoms with Crippen LogP contribution in [-0.4, -0.2) is 74.3 Å². The average molecular weight is 545 g/mol. The van der Waals surface area contributed by atoms with Crippen LogP contribution in [0.3, 0.4) is 0 Å². The van der Waals surface area contributed by atoms with E-state index in [0.29, 0.717) is 35.7 Å². The SMILES string of the molecule is [2H]C([2H])(CC(=O)c1nc(N)nc2c(OC)cccc12)c1cccc(N2CCN(c3ccc(OCCOC)cc3)CC2)n1. The van der Waals surface area contributed by atoms with E-state index in [-0.39, 0.29) is 17.3 Å². The molecular weight excluding hydrogens is 508 g/mol. The lowest BCUT2D eigenvalue weighted by molar-refractivity contribution is 0.0979. The molecule has 5 rings (SSSR count). The maximum absolute atomic E-state index is 13.4. The van der Waals surface area contributed by atoms with E-state index in [2.05, 4.69) is 24.8 Å². The van der Waals surface area contributed by atoms with Gasteiger partial charge in [-0.1, -0.05) is 18.2 Å². The number of rotatable bonds is 11. The Hall–Kier alpha value is -4.44. The Bertz CT molecular complexity index is 1550. The Morgan fingerprint density at radius 2 is 1.68 bits per heavy atom. The second kappa shape index (κ2) is 12.6. The minimum atomic E-state index is -2.03. The zero-order chi connectivity index (χ0) is 29.7. The van der Waals surface area contributed by atoms with E-state index in [1.165, 1.54) is 7.11 Å². The number of ether oxygens (including phenoxy) is 3. The third kappa shape index (κ3) is 6.23. The molecule has 10 heteroatoms. The first-order valence-corrected chi connectivity index (χ1v) is 13.1. The summed E-state index contributed by atoms with van der Waals surface area (Å²) in [5, 5.41) is 0.456.